The normalized spacial score (nSPS) is 13.3. The van der Waals surface area contributed by atoms with Crippen LogP contribution in [0.15, 0.2) is 104 Å². The van der Waals surface area contributed by atoms with E-state index in [1.807, 2.05) is 38.5 Å². The van der Waals surface area contributed by atoms with Gasteiger partial charge in [-0.1, -0.05) is 66.7 Å². The number of amides is 1. The molecule has 7 rings (SSSR count). The molecule has 0 fully saturated rings. The van der Waals surface area contributed by atoms with Gasteiger partial charge in [0.2, 0.25) is 5.91 Å². The molecule has 0 saturated carbocycles. The predicted octanol–water partition coefficient (Wildman–Crippen LogP) is 4.45. The maximum absolute atomic E-state index is 11.4. The molecule has 0 bridgehead atoms. The van der Waals surface area contributed by atoms with Gasteiger partial charge < -0.3 is 16.0 Å². The summed E-state index contributed by atoms with van der Waals surface area (Å²) in [5.41, 5.74) is 14.3. The average Bonchev–Trinajstić information content (AvgIpc) is 3.57. The van der Waals surface area contributed by atoms with Crippen LogP contribution in [-0.2, 0) is 17.9 Å². The molecule has 9 nitrogen and oxygen atoms in total. The second kappa shape index (κ2) is 9.70. The zero-order valence-electron chi connectivity index (χ0n) is 21.6. The first kappa shape index (κ1) is 23.7. The zero-order chi connectivity index (χ0) is 27.1. The Morgan fingerprint density at radius 2 is 1.70 bits per heavy atom. The minimum atomic E-state index is -0.0662. The number of nitrogens with zero attached hydrogens (tertiary/aromatic N) is 6. The van der Waals surface area contributed by atoms with Crippen molar-refractivity contribution in [3.05, 3.63) is 115 Å². The van der Waals surface area contributed by atoms with E-state index < -0.39 is 0 Å². The van der Waals surface area contributed by atoms with E-state index in [0.717, 1.165) is 44.4 Å². The molecule has 0 radical (unpaired) electrons. The van der Waals surface area contributed by atoms with Gasteiger partial charge in [-0.25, -0.2) is 9.50 Å². The number of nitrogens with two attached hydrogens (primary N) is 1. The standard InChI is InChI=1S/C31H26N8O/c32-31-30-26(24-10-11-25-18-38(36-27(25)14-24)17-21-4-2-1-3-5-21)15-28(39(30)35-19-33-31)23-8-6-22(7-9-23)16-37-13-12-29(40)34-20-37/h1-15,18-19H,16-17,20H2,(H,34,40)(H2,32,33,35). The largest absolute Gasteiger partial charge is 0.382 e. The topological polar surface area (TPSA) is 106 Å². The van der Waals surface area contributed by atoms with Crippen LogP contribution in [0.1, 0.15) is 11.1 Å². The molecule has 0 spiro atoms. The van der Waals surface area contributed by atoms with E-state index in [-0.39, 0.29) is 5.91 Å². The summed E-state index contributed by atoms with van der Waals surface area (Å²) in [5.74, 6) is 0.352. The molecule has 3 aromatic heterocycles. The smallest absolute Gasteiger partial charge is 0.246 e. The number of benzene rings is 3. The molecule has 1 aliphatic heterocycles. The van der Waals surface area contributed by atoms with Crippen LogP contribution in [0, 0.1) is 0 Å². The third-order valence-corrected chi connectivity index (χ3v) is 7.16. The van der Waals surface area contributed by atoms with Gasteiger partial charge in [0.15, 0.2) is 5.82 Å². The van der Waals surface area contributed by atoms with Crippen molar-refractivity contribution in [2.45, 2.75) is 13.1 Å². The molecule has 0 saturated heterocycles. The highest BCUT2D eigenvalue weighted by molar-refractivity contribution is 5.95. The molecular weight excluding hydrogens is 500 g/mol. The Bertz CT molecular complexity index is 1890. The zero-order valence-corrected chi connectivity index (χ0v) is 21.6. The lowest BCUT2D eigenvalue weighted by Crippen LogP contribution is -2.37. The minimum Gasteiger partial charge on any atom is -0.382 e. The number of anilines is 1. The number of fused-ring (bicyclic) bond motifs is 2. The number of carbonyl (C=O) groups excluding carboxylic acids is 1. The van der Waals surface area contributed by atoms with E-state index in [9.17, 15) is 4.79 Å². The van der Waals surface area contributed by atoms with E-state index >= 15 is 0 Å². The molecule has 0 unspecified atom stereocenters. The second-order valence-electron chi connectivity index (χ2n) is 9.89. The van der Waals surface area contributed by atoms with Crippen molar-refractivity contribution >= 4 is 28.1 Å². The van der Waals surface area contributed by atoms with Gasteiger partial charge in [0.05, 0.1) is 24.4 Å². The van der Waals surface area contributed by atoms with Crippen LogP contribution in [0.25, 0.3) is 38.8 Å². The first-order valence-electron chi connectivity index (χ1n) is 13.0. The maximum Gasteiger partial charge on any atom is 0.246 e. The van der Waals surface area contributed by atoms with Crippen LogP contribution in [0.5, 0.6) is 0 Å². The molecule has 0 aliphatic carbocycles. The second-order valence-corrected chi connectivity index (χ2v) is 9.89. The summed E-state index contributed by atoms with van der Waals surface area (Å²) in [6, 6.07) is 27.0. The Morgan fingerprint density at radius 3 is 2.50 bits per heavy atom. The van der Waals surface area contributed by atoms with Gasteiger partial charge in [-0.15, -0.1) is 0 Å². The monoisotopic (exact) mass is 526 g/mol. The summed E-state index contributed by atoms with van der Waals surface area (Å²) in [5, 5.41) is 13.3. The number of aromatic nitrogens is 5. The molecule has 3 N–H and O–H groups in total. The van der Waals surface area contributed by atoms with E-state index in [0.29, 0.717) is 25.6 Å². The van der Waals surface area contributed by atoms with Gasteiger partial charge in [-0.05, 0) is 28.8 Å². The summed E-state index contributed by atoms with van der Waals surface area (Å²) in [6.45, 7) is 1.90. The maximum atomic E-state index is 11.4. The minimum absolute atomic E-state index is 0.0662. The summed E-state index contributed by atoms with van der Waals surface area (Å²) in [6.07, 6.45) is 6.92. The highest BCUT2D eigenvalue weighted by atomic mass is 16.1. The number of hydrogen-bond acceptors (Lipinski definition) is 6. The number of carbonyl (C=O) groups is 1. The number of rotatable bonds is 6. The van der Waals surface area contributed by atoms with Gasteiger partial charge in [-0.3, -0.25) is 9.48 Å². The van der Waals surface area contributed by atoms with Crippen LogP contribution in [0.2, 0.25) is 0 Å². The lowest BCUT2D eigenvalue weighted by atomic mass is 10.0. The number of hydrogen-bond donors (Lipinski definition) is 2. The van der Waals surface area contributed by atoms with Gasteiger partial charge in [0.25, 0.3) is 0 Å². The average molecular weight is 527 g/mol. The van der Waals surface area contributed by atoms with Crippen LogP contribution >= 0.6 is 0 Å². The number of nitrogen functional groups attached to an aromatic ring is 1. The Labute approximate surface area is 230 Å². The van der Waals surface area contributed by atoms with E-state index in [1.165, 1.54) is 11.9 Å². The molecular formula is C31H26N8O. The van der Waals surface area contributed by atoms with E-state index in [1.54, 1.807) is 6.08 Å². The van der Waals surface area contributed by atoms with Crippen LogP contribution in [0.3, 0.4) is 0 Å². The van der Waals surface area contributed by atoms with Gasteiger partial charge >= 0.3 is 0 Å². The summed E-state index contributed by atoms with van der Waals surface area (Å²) >= 11 is 0. The lowest BCUT2D eigenvalue weighted by molar-refractivity contribution is -0.117. The Kier molecular flexibility index (Phi) is 5.74. The Morgan fingerprint density at radius 1 is 0.900 bits per heavy atom. The van der Waals surface area contributed by atoms with Crippen molar-refractivity contribution in [3.63, 3.8) is 0 Å². The molecule has 1 amide bonds. The molecule has 6 aromatic rings. The summed E-state index contributed by atoms with van der Waals surface area (Å²) < 4.78 is 3.83. The molecule has 3 aromatic carbocycles. The van der Waals surface area contributed by atoms with Crippen LogP contribution in [-0.4, -0.2) is 41.9 Å². The van der Waals surface area contributed by atoms with E-state index in [2.05, 4.69) is 82.3 Å². The molecule has 9 heteroatoms. The van der Waals surface area contributed by atoms with Crippen molar-refractivity contribution in [1.29, 1.82) is 0 Å². The van der Waals surface area contributed by atoms with Gasteiger partial charge in [-0.2, -0.15) is 10.2 Å². The summed E-state index contributed by atoms with van der Waals surface area (Å²) in [4.78, 5) is 17.7. The molecule has 4 heterocycles. The van der Waals surface area contributed by atoms with Gasteiger partial charge in [0.1, 0.15) is 11.8 Å². The fourth-order valence-corrected chi connectivity index (χ4v) is 5.17. The van der Waals surface area contributed by atoms with Crippen molar-refractivity contribution in [3.8, 4) is 22.4 Å². The van der Waals surface area contributed by atoms with Gasteiger partial charge in [0, 0.05) is 41.5 Å². The lowest BCUT2D eigenvalue weighted by Gasteiger charge is -2.23. The van der Waals surface area contributed by atoms with Crippen molar-refractivity contribution < 1.29 is 4.79 Å². The highest BCUT2D eigenvalue weighted by Gasteiger charge is 2.18. The van der Waals surface area contributed by atoms with Crippen molar-refractivity contribution in [1.82, 2.24) is 34.6 Å². The van der Waals surface area contributed by atoms with Crippen molar-refractivity contribution in [2.24, 2.45) is 0 Å². The van der Waals surface area contributed by atoms with E-state index in [4.69, 9.17) is 10.8 Å². The Balaban J connectivity index is 1.23. The van der Waals surface area contributed by atoms with Crippen molar-refractivity contribution in [2.75, 3.05) is 12.4 Å². The fraction of sp³-hybridized carbons (Fsp3) is 0.0968. The molecule has 0 atom stereocenters. The third kappa shape index (κ3) is 4.43. The summed E-state index contributed by atoms with van der Waals surface area (Å²) in [7, 11) is 0. The highest BCUT2D eigenvalue weighted by Crippen LogP contribution is 2.35. The first-order chi connectivity index (χ1) is 19.6. The molecule has 196 valence electrons. The Hall–Kier alpha value is -5.44. The fourth-order valence-electron chi connectivity index (χ4n) is 5.17. The molecule has 40 heavy (non-hydrogen) atoms. The predicted molar refractivity (Wildman–Crippen MR) is 155 cm³/mol. The van der Waals surface area contributed by atoms with Crippen LogP contribution < -0.4 is 11.1 Å². The molecule has 1 aliphatic rings. The SMILES string of the molecule is Nc1ncnn2c(-c3ccc(CN4C=CC(=O)NC4)cc3)cc(-c3ccc4cn(Cc5ccccc5)nc4c3)c12. The quantitative estimate of drug-likeness (QED) is 0.332. The number of nitrogens with one attached hydrogen (secondary N) is 1. The van der Waals surface area contributed by atoms with Crippen LogP contribution in [0.4, 0.5) is 5.82 Å². The first-order valence-corrected chi connectivity index (χ1v) is 13.0. The third-order valence-electron chi connectivity index (χ3n) is 7.16.